The minimum atomic E-state index is -0.858. The molecule has 0 spiro atoms. The summed E-state index contributed by atoms with van der Waals surface area (Å²) in [6.07, 6.45) is 3.45. The minimum Gasteiger partial charge on any atom is -0.481 e. The second kappa shape index (κ2) is 4.82. The van der Waals surface area contributed by atoms with Crippen LogP contribution in [0, 0.1) is 11.8 Å². The van der Waals surface area contributed by atoms with Crippen LogP contribution in [-0.2, 0) is 14.3 Å². The summed E-state index contributed by atoms with van der Waals surface area (Å²) in [5, 5.41) is 11.6. The highest BCUT2D eigenvalue weighted by atomic mass is 16.5. The van der Waals surface area contributed by atoms with Gasteiger partial charge in [0, 0.05) is 13.2 Å². The average molecular weight is 227 g/mol. The molecule has 16 heavy (non-hydrogen) atoms. The lowest BCUT2D eigenvalue weighted by Gasteiger charge is -2.32. The molecule has 0 bridgehead atoms. The van der Waals surface area contributed by atoms with Crippen LogP contribution in [0.4, 0.5) is 0 Å². The van der Waals surface area contributed by atoms with Crippen molar-refractivity contribution in [3.05, 3.63) is 0 Å². The summed E-state index contributed by atoms with van der Waals surface area (Å²) in [5.41, 5.74) is 0. The van der Waals surface area contributed by atoms with Crippen molar-refractivity contribution in [3.63, 3.8) is 0 Å². The van der Waals surface area contributed by atoms with Gasteiger partial charge in [-0.05, 0) is 25.7 Å². The highest BCUT2D eigenvalue weighted by Crippen LogP contribution is 2.34. The number of hydrogen-bond acceptors (Lipinski definition) is 3. The Labute approximate surface area is 94.2 Å². The molecule has 3 atom stereocenters. The first-order valence-corrected chi connectivity index (χ1v) is 5.80. The molecule has 1 aliphatic heterocycles. The normalized spacial score (nSPS) is 33.1. The molecule has 2 rings (SSSR count). The number of carbonyl (C=O) groups excluding carboxylic acids is 1. The number of carboxylic acids is 1. The molecule has 0 aromatic heterocycles. The van der Waals surface area contributed by atoms with E-state index in [2.05, 4.69) is 5.32 Å². The molecule has 1 heterocycles. The first-order valence-electron chi connectivity index (χ1n) is 5.80. The molecule has 90 valence electrons. The second-order valence-electron chi connectivity index (χ2n) is 4.51. The Hall–Kier alpha value is -1.10. The van der Waals surface area contributed by atoms with E-state index < -0.39 is 11.9 Å². The molecule has 2 fully saturated rings. The Kier molecular flexibility index (Phi) is 3.43. The number of amides is 1. The number of hydrogen-bond donors (Lipinski definition) is 2. The molecule has 5 nitrogen and oxygen atoms in total. The van der Waals surface area contributed by atoms with Crippen molar-refractivity contribution >= 4 is 11.9 Å². The Morgan fingerprint density at radius 3 is 2.50 bits per heavy atom. The standard InChI is InChI=1S/C11H17NO4/c13-10(8-3-4-9(8)11(14)15)12-6-7-2-1-5-16-7/h7-9H,1-6H2,(H,12,13)(H,14,15). The van der Waals surface area contributed by atoms with E-state index in [1.807, 2.05) is 0 Å². The topological polar surface area (TPSA) is 75.6 Å². The third-order valence-electron chi connectivity index (χ3n) is 3.46. The average Bonchev–Trinajstić information content (AvgIpc) is 2.64. The molecular weight excluding hydrogens is 210 g/mol. The number of nitrogens with one attached hydrogen (secondary N) is 1. The Morgan fingerprint density at radius 1 is 1.25 bits per heavy atom. The summed E-state index contributed by atoms with van der Waals surface area (Å²) in [7, 11) is 0. The van der Waals surface area contributed by atoms with Gasteiger partial charge in [-0.3, -0.25) is 9.59 Å². The van der Waals surface area contributed by atoms with Crippen LogP contribution >= 0.6 is 0 Å². The van der Waals surface area contributed by atoms with Gasteiger partial charge in [0.15, 0.2) is 0 Å². The molecule has 0 radical (unpaired) electrons. The van der Waals surface area contributed by atoms with Gasteiger partial charge in [-0.25, -0.2) is 0 Å². The van der Waals surface area contributed by atoms with E-state index in [4.69, 9.17) is 9.84 Å². The summed E-state index contributed by atoms with van der Waals surface area (Å²) in [5.74, 6) is -1.80. The van der Waals surface area contributed by atoms with Gasteiger partial charge in [0.25, 0.3) is 0 Å². The van der Waals surface area contributed by atoms with Crippen molar-refractivity contribution in [2.45, 2.75) is 31.8 Å². The lowest BCUT2D eigenvalue weighted by atomic mass is 9.73. The van der Waals surface area contributed by atoms with E-state index in [9.17, 15) is 9.59 Å². The van der Waals surface area contributed by atoms with Crippen molar-refractivity contribution in [3.8, 4) is 0 Å². The fourth-order valence-electron chi connectivity index (χ4n) is 2.26. The van der Waals surface area contributed by atoms with Crippen LogP contribution in [-0.4, -0.2) is 36.2 Å². The summed E-state index contributed by atoms with van der Waals surface area (Å²) < 4.78 is 5.38. The largest absolute Gasteiger partial charge is 0.481 e. The predicted octanol–water partition coefficient (Wildman–Crippen LogP) is 0.392. The van der Waals surface area contributed by atoms with Gasteiger partial charge >= 0.3 is 5.97 Å². The van der Waals surface area contributed by atoms with Gasteiger partial charge in [0.1, 0.15) is 0 Å². The van der Waals surface area contributed by atoms with E-state index >= 15 is 0 Å². The number of rotatable bonds is 4. The molecular formula is C11H17NO4. The Balaban J connectivity index is 1.73. The molecule has 3 unspecified atom stereocenters. The van der Waals surface area contributed by atoms with Crippen molar-refractivity contribution in [2.24, 2.45) is 11.8 Å². The van der Waals surface area contributed by atoms with Gasteiger partial charge in [-0.1, -0.05) is 0 Å². The molecule has 2 N–H and O–H groups in total. The first kappa shape index (κ1) is 11.4. The zero-order chi connectivity index (χ0) is 11.5. The maximum atomic E-state index is 11.7. The molecule has 0 aromatic carbocycles. The van der Waals surface area contributed by atoms with Gasteiger partial charge in [0.2, 0.25) is 5.91 Å². The Bertz CT molecular complexity index is 286. The molecule has 1 aliphatic carbocycles. The maximum absolute atomic E-state index is 11.7. The number of aliphatic carboxylic acids is 1. The molecule has 1 saturated carbocycles. The SMILES string of the molecule is O=C(O)C1CCC1C(=O)NCC1CCCO1. The lowest BCUT2D eigenvalue weighted by molar-refractivity contribution is -0.152. The second-order valence-corrected chi connectivity index (χ2v) is 4.51. The van der Waals surface area contributed by atoms with Crippen LogP contribution < -0.4 is 5.32 Å². The predicted molar refractivity (Wildman–Crippen MR) is 55.8 cm³/mol. The minimum absolute atomic E-state index is 0.118. The molecule has 1 saturated heterocycles. The van der Waals surface area contributed by atoms with Crippen molar-refractivity contribution in [2.75, 3.05) is 13.2 Å². The summed E-state index contributed by atoms with van der Waals surface area (Å²) >= 11 is 0. The highest BCUT2D eigenvalue weighted by Gasteiger charge is 2.41. The van der Waals surface area contributed by atoms with Crippen LogP contribution in [0.25, 0.3) is 0 Å². The molecule has 2 aliphatic rings. The number of carbonyl (C=O) groups is 2. The first-order chi connectivity index (χ1) is 7.68. The van der Waals surface area contributed by atoms with Crippen LogP contribution in [0.15, 0.2) is 0 Å². The van der Waals surface area contributed by atoms with E-state index in [0.29, 0.717) is 19.4 Å². The van der Waals surface area contributed by atoms with Crippen LogP contribution in [0.1, 0.15) is 25.7 Å². The van der Waals surface area contributed by atoms with Gasteiger partial charge in [-0.15, -0.1) is 0 Å². The summed E-state index contributed by atoms with van der Waals surface area (Å²) in [6.45, 7) is 1.28. The molecule has 5 heteroatoms. The van der Waals surface area contributed by atoms with Crippen LogP contribution in [0.5, 0.6) is 0 Å². The van der Waals surface area contributed by atoms with Gasteiger partial charge < -0.3 is 15.2 Å². The van der Waals surface area contributed by atoms with E-state index in [1.165, 1.54) is 0 Å². The lowest BCUT2D eigenvalue weighted by Crippen LogP contribution is -2.45. The van der Waals surface area contributed by atoms with Gasteiger partial charge in [-0.2, -0.15) is 0 Å². The fourth-order valence-corrected chi connectivity index (χ4v) is 2.26. The van der Waals surface area contributed by atoms with Gasteiger partial charge in [0.05, 0.1) is 17.9 Å². The summed E-state index contributed by atoms with van der Waals surface area (Å²) in [6, 6.07) is 0. The number of carboxylic acid groups (broad SMARTS) is 1. The third-order valence-corrected chi connectivity index (χ3v) is 3.46. The maximum Gasteiger partial charge on any atom is 0.307 e. The quantitative estimate of drug-likeness (QED) is 0.728. The zero-order valence-electron chi connectivity index (χ0n) is 9.15. The monoisotopic (exact) mass is 227 g/mol. The van der Waals surface area contributed by atoms with Crippen LogP contribution in [0.3, 0.4) is 0 Å². The summed E-state index contributed by atoms with van der Waals surface area (Å²) in [4.78, 5) is 22.4. The smallest absolute Gasteiger partial charge is 0.307 e. The van der Waals surface area contributed by atoms with Crippen molar-refractivity contribution in [1.82, 2.24) is 5.32 Å². The van der Waals surface area contributed by atoms with Crippen molar-refractivity contribution < 1.29 is 19.4 Å². The van der Waals surface area contributed by atoms with E-state index in [1.54, 1.807) is 0 Å². The fraction of sp³-hybridized carbons (Fsp3) is 0.818. The molecule has 1 amide bonds. The Morgan fingerprint density at radius 2 is 2.00 bits per heavy atom. The van der Waals surface area contributed by atoms with Crippen LogP contribution in [0.2, 0.25) is 0 Å². The zero-order valence-corrected chi connectivity index (χ0v) is 9.15. The number of ether oxygens (including phenoxy) is 1. The van der Waals surface area contributed by atoms with E-state index in [-0.39, 0.29) is 17.9 Å². The van der Waals surface area contributed by atoms with Crippen molar-refractivity contribution in [1.29, 1.82) is 0 Å². The highest BCUT2D eigenvalue weighted by molar-refractivity contribution is 5.86. The molecule has 0 aromatic rings. The van der Waals surface area contributed by atoms with E-state index in [0.717, 1.165) is 19.4 Å². The third kappa shape index (κ3) is 2.35.